The number of carboxylic acid groups (broad SMARTS) is 1. The van der Waals surface area contributed by atoms with E-state index in [9.17, 15) is 9.59 Å². The summed E-state index contributed by atoms with van der Waals surface area (Å²) in [7, 11) is 0. The molecule has 1 atom stereocenters. The molecule has 112 valence electrons. The third-order valence-corrected chi connectivity index (χ3v) is 3.76. The molecule has 0 aromatic heterocycles. The predicted molar refractivity (Wildman–Crippen MR) is 76.4 cm³/mol. The van der Waals surface area contributed by atoms with Crippen molar-refractivity contribution in [1.29, 1.82) is 0 Å². The lowest BCUT2D eigenvalue weighted by Crippen LogP contribution is -2.49. The summed E-state index contributed by atoms with van der Waals surface area (Å²) in [6.07, 6.45) is 1.43. The third kappa shape index (κ3) is 3.16. The number of ether oxygens (including phenoxy) is 1. The lowest BCUT2D eigenvalue weighted by atomic mass is 10.2. The minimum atomic E-state index is -1.06. The van der Waals surface area contributed by atoms with Gasteiger partial charge in [-0.25, -0.2) is 4.79 Å². The predicted octanol–water partition coefficient (Wildman–Crippen LogP) is 0.865. The number of amides is 1. The fourth-order valence-electron chi connectivity index (χ4n) is 2.40. The number of para-hydroxylation sites is 2. The molecule has 1 fully saturated rings. The van der Waals surface area contributed by atoms with Gasteiger partial charge in [-0.15, -0.1) is 0 Å². The smallest absolute Gasteiger partial charge is 0.346 e. The summed E-state index contributed by atoms with van der Waals surface area (Å²) in [5, 5.41) is 12.3. The maximum Gasteiger partial charge on any atom is 0.346 e. The Bertz CT molecular complexity index is 556. The van der Waals surface area contributed by atoms with Crippen molar-refractivity contribution in [2.45, 2.75) is 18.9 Å². The lowest BCUT2D eigenvalue weighted by molar-refractivity contribution is -0.145. The van der Waals surface area contributed by atoms with Crippen LogP contribution in [0.15, 0.2) is 24.3 Å². The van der Waals surface area contributed by atoms with Gasteiger partial charge in [-0.1, -0.05) is 12.1 Å². The van der Waals surface area contributed by atoms with E-state index in [2.05, 4.69) is 5.32 Å². The number of carbonyl (C=O) groups excluding carboxylic acids is 1. The number of nitrogens with one attached hydrogen (secondary N) is 1. The van der Waals surface area contributed by atoms with Crippen molar-refractivity contribution >= 4 is 17.6 Å². The fourth-order valence-corrected chi connectivity index (χ4v) is 2.40. The van der Waals surface area contributed by atoms with Gasteiger partial charge >= 0.3 is 5.97 Å². The molecule has 0 saturated heterocycles. The normalized spacial score (nSPS) is 20.6. The maximum absolute atomic E-state index is 12.3. The van der Waals surface area contributed by atoms with Crippen LogP contribution in [0.4, 0.5) is 5.69 Å². The zero-order valence-corrected chi connectivity index (χ0v) is 11.6. The molecule has 0 spiro atoms. The van der Waals surface area contributed by atoms with Crippen LogP contribution < -0.4 is 15.0 Å². The van der Waals surface area contributed by atoms with E-state index in [0.717, 1.165) is 6.54 Å². The van der Waals surface area contributed by atoms with Gasteiger partial charge in [0.15, 0.2) is 0 Å². The number of hydrogen-bond donors (Lipinski definition) is 2. The molecule has 1 aliphatic carbocycles. The third-order valence-electron chi connectivity index (χ3n) is 3.76. The highest BCUT2D eigenvalue weighted by Crippen LogP contribution is 2.33. The molecule has 1 aromatic carbocycles. The molecule has 2 N–H and O–H groups in total. The van der Waals surface area contributed by atoms with E-state index in [1.807, 2.05) is 0 Å². The second kappa shape index (κ2) is 5.73. The topological polar surface area (TPSA) is 78.9 Å². The van der Waals surface area contributed by atoms with Crippen molar-refractivity contribution in [3.05, 3.63) is 24.3 Å². The van der Waals surface area contributed by atoms with Gasteiger partial charge in [0, 0.05) is 0 Å². The van der Waals surface area contributed by atoms with Crippen LogP contribution in [0.2, 0.25) is 0 Å². The van der Waals surface area contributed by atoms with Crippen molar-refractivity contribution in [2.24, 2.45) is 5.92 Å². The van der Waals surface area contributed by atoms with E-state index in [1.165, 1.54) is 17.7 Å². The van der Waals surface area contributed by atoms with E-state index in [1.54, 1.807) is 24.3 Å². The largest absolute Gasteiger partial charge is 0.478 e. The number of benzene rings is 1. The summed E-state index contributed by atoms with van der Waals surface area (Å²) >= 11 is 0. The molecular formula is C15H18N2O4. The highest BCUT2D eigenvalue weighted by molar-refractivity contribution is 5.97. The van der Waals surface area contributed by atoms with Crippen LogP contribution in [-0.2, 0) is 9.59 Å². The molecule has 2 aliphatic rings. The summed E-state index contributed by atoms with van der Waals surface area (Å²) in [5.74, 6) is -0.0564. The monoisotopic (exact) mass is 290 g/mol. The molecule has 6 heteroatoms. The van der Waals surface area contributed by atoms with Crippen LogP contribution in [-0.4, -0.2) is 42.7 Å². The van der Waals surface area contributed by atoms with Gasteiger partial charge < -0.3 is 20.1 Å². The molecule has 1 amide bonds. The Hall–Kier alpha value is -2.08. The van der Waals surface area contributed by atoms with Gasteiger partial charge in [-0.2, -0.15) is 0 Å². The van der Waals surface area contributed by atoms with E-state index >= 15 is 0 Å². The van der Waals surface area contributed by atoms with E-state index in [4.69, 9.17) is 9.84 Å². The molecule has 3 rings (SSSR count). The molecular weight excluding hydrogens is 272 g/mol. The maximum atomic E-state index is 12.3. The van der Waals surface area contributed by atoms with Crippen LogP contribution in [0.25, 0.3) is 0 Å². The quantitative estimate of drug-likeness (QED) is 0.841. The Kier molecular flexibility index (Phi) is 3.79. The summed E-state index contributed by atoms with van der Waals surface area (Å²) in [4.78, 5) is 25.0. The first-order chi connectivity index (χ1) is 10.1. The standard InChI is InChI=1S/C15H18N2O4/c18-14(8-16-7-10-5-6-10)17-9-13(15(19)20)21-12-4-2-1-3-11(12)17/h1-4,10,13,16H,5-9H2,(H,19,20). The second-order valence-corrected chi connectivity index (χ2v) is 5.49. The second-order valence-electron chi connectivity index (χ2n) is 5.49. The highest BCUT2D eigenvalue weighted by Gasteiger charge is 2.33. The number of carboxylic acids is 1. The van der Waals surface area contributed by atoms with Crippen LogP contribution >= 0.6 is 0 Å². The summed E-state index contributed by atoms with van der Waals surface area (Å²) < 4.78 is 5.41. The molecule has 21 heavy (non-hydrogen) atoms. The first kappa shape index (κ1) is 13.9. The van der Waals surface area contributed by atoms with Crippen LogP contribution in [0.1, 0.15) is 12.8 Å². The molecule has 1 aromatic rings. The van der Waals surface area contributed by atoms with Gasteiger partial charge in [0.2, 0.25) is 12.0 Å². The fraction of sp³-hybridized carbons (Fsp3) is 0.467. The number of nitrogens with zero attached hydrogens (tertiary/aromatic N) is 1. The van der Waals surface area contributed by atoms with Gasteiger partial charge in [0.25, 0.3) is 0 Å². The van der Waals surface area contributed by atoms with E-state index in [0.29, 0.717) is 17.4 Å². The summed E-state index contributed by atoms with van der Waals surface area (Å²) in [6.45, 7) is 1.10. The van der Waals surface area contributed by atoms with Gasteiger partial charge in [0.1, 0.15) is 5.75 Å². The minimum Gasteiger partial charge on any atom is -0.478 e. The first-order valence-corrected chi connectivity index (χ1v) is 7.14. The average molecular weight is 290 g/mol. The molecule has 1 saturated carbocycles. The molecule has 1 unspecified atom stereocenters. The highest BCUT2D eigenvalue weighted by atomic mass is 16.5. The number of carbonyl (C=O) groups is 2. The number of anilines is 1. The van der Waals surface area contributed by atoms with Crippen molar-refractivity contribution in [3.63, 3.8) is 0 Å². The molecule has 1 heterocycles. The molecule has 1 aliphatic heterocycles. The molecule has 0 radical (unpaired) electrons. The summed E-state index contributed by atoms with van der Waals surface area (Å²) in [5.41, 5.74) is 0.633. The van der Waals surface area contributed by atoms with Crippen molar-refractivity contribution < 1.29 is 19.4 Å². The average Bonchev–Trinajstić information content (AvgIpc) is 3.30. The Balaban J connectivity index is 1.72. The van der Waals surface area contributed by atoms with E-state index in [-0.39, 0.29) is 19.0 Å². The van der Waals surface area contributed by atoms with E-state index < -0.39 is 12.1 Å². The molecule has 6 nitrogen and oxygen atoms in total. The number of hydrogen-bond acceptors (Lipinski definition) is 4. The number of fused-ring (bicyclic) bond motifs is 1. The van der Waals surface area contributed by atoms with Gasteiger partial charge in [-0.05, 0) is 37.4 Å². The lowest BCUT2D eigenvalue weighted by Gasteiger charge is -2.33. The van der Waals surface area contributed by atoms with Crippen LogP contribution in [0.5, 0.6) is 5.75 Å². The summed E-state index contributed by atoms with van der Waals surface area (Å²) in [6, 6.07) is 7.02. The number of rotatable bonds is 5. The van der Waals surface area contributed by atoms with Gasteiger partial charge in [0.05, 0.1) is 18.8 Å². The van der Waals surface area contributed by atoms with Crippen molar-refractivity contribution in [1.82, 2.24) is 5.32 Å². The van der Waals surface area contributed by atoms with Crippen molar-refractivity contribution in [3.8, 4) is 5.75 Å². The Morgan fingerprint density at radius 1 is 1.33 bits per heavy atom. The van der Waals surface area contributed by atoms with Gasteiger partial charge in [-0.3, -0.25) is 4.79 Å². The number of aliphatic carboxylic acids is 1. The SMILES string of the molecule is O=C(O)C1CN(C(=O)CNCC2CC2)c2ccccc2O1. The molecule has 0 bridgehead atoms. The zero-order valence-electron chi connectivity index (χ0n) is 11.6. The Morgan fingerprint density at radius 3 is 2.81 bits per heavy atom. The van der Waals surface area contributed by atoms with Crippen LogP contribution in [0, 0.1) is 5.92 Å². The van der Waals surface area contributed by atoms with Crippen molar-refractivity contribution in [2.75, 3.05) is 24.5 Å². The first-order valence-electron chi connectivity index (χ1n) is 7.14. The van der Waals surface area contributed by atoms with Crippen LogP contribution in [0.3, 0.4) is 0 Å². The Labute approximate surface area is 122 Å². The minimum absolute atomic E-state index is 0.0380. The Morgan fingerprint density at radius 2 is 2.10 bits per heavy atom. The zero-order chi connectivity index (χ0) is 14.8.